The molecule has 0 spiro atoms. The van der Waals surface area contributed by atoms with Crippen LogP contribution in [0.2, 0.25) is 0 Å². The van der Waals surface area contributed by atoms with Crippen LogP contribution >= 0.6 is 28.1 Å². The highest BCUT2D eigenvalue weighted by atomic mass is 79.9. The smallest absolute Gasteiger partial charge is 0.262 e. The lowest BCUT2D eigenvalue weighted by Gasteiger charge is -2.42. The molecule has 1 fully saturated rings. The van der Waals surface area contributed by atoms with Crippen molar-refractivity contribution in [1.29, 1.82) is 0 Å². The van der Waals surface area contributed by atoms with Gasteiger partial charge in [-0.1, -0.05) is 40.6 Å². The lowest BCUT2D eigenvalue weighted by Crippen LogP contribution is -2.45. The molecule has 5 nitrogen and oxygen atoms in total. The second kappa shape index (κ2) is 8.32. The topological polar surface area (TPSA) is 66.9 Å². The van der Waals surface area contributed by atoms with E-state index in [1.54, 1.807) is 24.3 Å². The molecule has 2 N–H and O–H groups in total. The molecule has 2 aromatic carbocycles. The molecule has 1 heterocycles. The number of aromatic nitrogens is 2. The number of carbonyl (C=O) groups is 1. The first-order chi connectivity index (χ1) is 14.4. The molecule has 1 aromatic heterocycles. The van der Waals surface area contributed by atoms with Gasteiger partial charge in [-0.3, -0.25) is 14.2 Å². The van der Waals surface area contributed by atoms with Crippen LogP contribution in [0, 0.1) is 4.77 Å². The number of H-pyrrole nitrogens is 1. The number of rotatable bonds is 6. The molecule has 1 aliphatic carbocycles. The largest absolute Gasteiger partial charge is 0.351 e. The van der Waals surface area contributed by atoms with Crippen LogP contribution in [-0.4, -0.2) is 22.0 Å². The number of nitrogens with one attached hydrogen (secondary N) is 2. The Morgan fingerprint density at radius 2 is 2.10 bits per heavy atom. The molecule has 0 saturated heterocycles. The van der Waals surface area contributed by atoms with Crippen LogP contribution in [-0.2, 0) is 12.0 Å². The van der Waals surface area contributed by atoms with Crippen LogP contribution in [0.1, 0.15) is 35.2 Å². The molecule has 0 radical (unpaired) electrons. The average Bonchev–Trinajstić information content (AvgIpc) is 2.70. The third-order valence-corrected chi connectivity index (χ3v) is 6.71. The highest BCUT2D eigenvalue weighted by Gasteiger charge is 2.39. The summed E-state index contributed by atoms with van der Waals surface area (Å²) in [6.07, 6.45) is 4.89. The Balaban J connectivity index is 1.58. The van der Waals surface area contributed by atoms with E-state index in [2.05, 4.69) is 44.9 Å². The zero-order valence-electron chi connectivity index (χ0n) is 16.4. The summed E-state index contributed by atoms with van der Waals surface area (Å²) in [6.45, 7) is 4.58. The van der Waals surface area contributed by atoms with Gasteiger partial charge in [-0.25, -0.2) is 0 Å². The molecule has 0 unspecified atom stereocenters. The van der Waals surface area contributed by atoms with E-state index in [0.717, 1.165) is 23.7 Å². The Labute approximate surface area is 188 Å². The molecule has 0 aliphatic heterocycles. The lowest BCUT2D eigenvalue weighted by molar-refractivity contribution is 0.0928. The van der Waals surface area contributed by atoms with E-state index in [4.69, 9.17) is 12.2 Å². The van der Waals surface area contributed by atoms with Gasteiger partial charge in [0.25, 0.3) is 11.5 Å². The van der Waals surface area contributed by atoms with Crippen LogP contribution in [0.5, 0.6) is 0 Å². The summed E-state index contributed by atoms with van der Waals surface area (Å²) in [5.41, 5.74) is 2.09. The minimum atomic E-state index is -0.191. The van der Waals surface area contributed by atoms with Gasteiger partial charge < -0.3 is 10.3 Å². The average molecular weight is 484 g/mol. The second-order valence-corrected chi connectivity index (χ2v) is 9.02. The van der Waals surface area contributed by atoms with E-state index in [0.29, 0.717) is 34.3 Å². The molecule has 0 bridgehead atoms. The maximum Gasteiger partial charge on any atom is 0.262 e. The quantitative estimate of drug-likeness (QED) is 0.388. The molecule has 3 aromatic rings. The monoisotopic (exact) mass is 483 g/mol. The van der Waals surface area contributed by atoms with Gasteiger partial charge in [0.1, 0.15) is 0 Å². The summed E-state index contributed by atoms with van der Waals surface area (Å²) >= 11 is 8.83. The molecule has 154 valence electrons. The van der Waals surface area contributed by atoms with Crippen molar-refractivity contribution in [3.05, 3.63) is 85.8 Å². The Hall–Kier alpha value is -2.51. The van der Waals surface area contributed by atoms with Crippen molar-refractivity contribution in [3.8, 4) is 0 Å². The summed E-state index contributed by atoms with van der Waals surface area (Å²) in [7, 11) is 0. The van der Waals surface area contributed by atoms with E-state index < -0.39 is 0 Å². The minimum absolute atomic E-state index is 0.0192. The number of benzene rings is 2. The number of hydrogen-bond donors (Lipinski definition) is 2. The number of fused-ring (bicyclic) bond motifs is 1. The molecular weight excluding hydrogens is 462 g/mol. The summed E-state index contributed by atoms with van der Waals surface area (Å²) in [4.78, 5) is 28.5. The van der Waals surface area contributed by atoms with E-state index in [1.807, 2.05) is 12.1 Å². The number of aromatic amines is 1. The van der Waals surface area contributed by atoms with Crippen molar-refractivity contribution in [2.24, 2.45) is 0 Å². The van der Waals surface area contributed by atoms with Crippen molar-refractivity contribution in [1.82, 2.24) is 14.9 Å². The van der Waals surface area contributed by atoms with Gasteiger partial charge in [0.15, 0.2) is 4.77 Å². The molecule has 30 heavy (non-hydrogen) atoms. The Bertz CT molecular complexity index is 1260. The molecular formula is C23H22BrN3O2S. The van der Waals surface area contributed by atoms with E-state index in [-0.39, 0.29) is 16.9 Å². The first-order valence-corrected chi connectivity index (χ1v) is 11.1. The fourth-order valence-electron chi connectivity index (χ4n) is 4.03. The fourth-order valence-corrected chi connectivity index (χ4v) is 4.70. The van der Waals surface area contributed by atoms with Crippen LogP contribution < -0.4 is 10.9 Å². The minimum Gasteiger partial charge on any atom is -0.351 e. The summed E-state index contributed by atoms with van der Waals surface area (Å²) in [5.74, 6) is -0.159. The number of carbonyl (C=O) groups excluding carboxylic acids is 1. The SMILES string of the molecule is C=CCn1c(=S)[nH]c2cc(C(=O)NCC3(c4cccc(Br)c4)CCC3)ccc2c1=O. The van der Waals surface area contributed by atoms with E-state index >= 15 is 0 Å². The number of nitrogens with zero attached hydrogens (tertiary/aromatic N) is 1. The van der Waals surface area contributed by atoms with Crippen molar-refractivity contribution < 1.29 is 4.79 Å². The van der Waals surface area contributed by atoms with Crippen LogP contribution in [0.15, 0.2) is 64.4 Å². The molecule has 1 amide bonds. The number of amides is 1. The summed E-state index contributed by atoms with van der Waals surface area (Å²) in [5, 5.41) is 3.59. The lowest BCUT2D eigenvalue weighted by atomic mass is 9.64. The van der Waals surface area contributed by atoms with Crippen LogP contribution in [0.4, 0.5) is 0 Å². The fraction of sp³-hybridized carbons (Fsp3) is 0.261. The zero-order chi connectivity index (χ0) is 21.3. The maximum atomic E-state index is 12.9. The van der Waals surface area contributed by atoms with Crippen LogP contribution in [0.25, 0.3) is 10.9 Å². The van der Waals surface area contributed by atoms with Crippen LogP contribution in [0.3, 0.4) is 0 Å². The summed E-state index contributed by atoms with van der Waals surface area (Å²) < 4.78 is 2.81. The zero-order valence-corrected chi connectivity index (χ0v) is 18.8. The van der Waals surface area contributed by atoms with Gasteiger partial charge in [0.2, 0.25) is 0 Å². The highest BCUT2D eigenvalue weighted by Crippen LogP contribution is 2.43. The molecule has 4 rings (SSSR count). The van der Waals surface area contributed by atoms with Crippen molar-refractivity contribution in [2.75, 3.05) is 6.54 Å². The maximum absolute atomic E-state index is 12.9. The molecule has 1 aliphatic rings. The Morgan fingerprint density at radius 1 is 1.30 bits per heavy atom. The van der Waals surface area contributed by atoms with Gasteiger partial charge in [-0.05, 0) is 61.0 Å². The predicted octanol–water partition coefficient (Wildman–Crippen LogP) is 4.86. The number of hydrogen-bond acceptors (Lipinski definition) is 3. The van der Waals surface area contributed by atoms with Gasteiger partial charge in [0.05, 0.1) is 10.9 Å². The van der Waals surface area contributed by atoms with E-state index in [1.165, 1.54) is 10.1 Å². The van der Waals surface area contributed by atoms with Crippen molar-refractivity contribution >= 4 is 45.0 Å². The summed E-state index contributed by atoms with van der Waals surface area (Å²) in [6, 6.07) is 13.3. The number of allylic oxidation sites excluding steroid dienone is 1. The Morgan fingerprint density at radius 3 is 2.77 bits per heavy atom. The van der Waals surface area contributed by atoms with Gasteiger partial charge in [0, 0.05) is 28.5 Å². The Kier molecular flexibility index (Phi) is 5.75. The third-order valence-electron chi connectivity index (χ3n) is 5.89. The van der Waals surface area contributed by atoms with Gasteiger partial charge in [-0.2, -0.15) is 0 Å². The normalized spacial score (nSPS) is 14.8. The molecule has 7 heteroatoms. The standard InChI is InChI=1S/C23H22BrN3O2S/c1-2-11-27-21(29)18-8-7-15(12-19(18)26-22(27)30)20(28)25-14-23(9-4-10-23)16-5-3-6-17(24)13-16/h2-3,5-8,12-13H,1,4,9-11,14H2,(H,25,28)(H,26,30). The number of halogens is 1. The van der Waals surface area contributed by atoms with Gasteiger partial charge >= 0.3 is 0 Å². The van der Waals surface area contributed by atoms with E-state index in [9.17, 15) is 9.59 Å². The predicted molar refractivity (Wildman–Crippen MR) is 126 cm³/mol. The molecule has 1 saturated carbocycles. The highest BCUT2D eigenvalue weighted by molar-refractivity contribution is 9.10. The third kappa shape index (κ3) is 3.79. The van der Waals surface area contributed by atoms with Crippen molar-refractivity contribution in [2.45, 2.75) is 31.2 Å². The second-order valence-electron chi connectivity index (χ2n) is 7.72. The molecule has 0 atom stereocenters. The first-order valence-electron chi connectivity index (χ1n) is 9.85. The van der Waals surface area contributed by atoms with Gasteiger partial charge in [-0.15, -0.1) is 6.58 Å². The first kappa shape index (κ1) is 20.8. The van der Waals surface area contributed by atoms with Crippen molar-refractivity contribution in [3.63, 3.8) is 0 Å².